The van der Waals surface area contributed by atoms with Gasteiger partial charge in [-0.2, -0.15) is 0 Å². The standard InChI is InChI=1S/C15H19N3O2/c1-3-12(19)14-11-8-16-15(20)10(11)7-13(17-14)18-6-4-5-9(18)2/h7,9H,3-6,8H2,1-2H3,(H,16,20). The van der Waals surface area contributed by atoms with Crippen molar-refractivity contribution in [1.82, 2.24) is 10.3 Å². The van der Waals surface area contributed by atoms with Crippen LogP contribution in [0.2, 0.25) is 0 Å². The van der Waals surface area contributed by atoms with Crippen molar-refractivity contribution in [3.05, 3.63) is 22.9 Å². The number of nitrogens with one attached hydrogen (secondary N) is 1. The molecule has 5 nitrogen and oxygen atoms in total. The third kappa shape index (κ3) is 1.97. The van der Waals surface area contributed by atoms with Gasteiger partial charge >= 0.3 is 0 Å². The molecule has 1 aromatic rings. The van der Waals surface area contributed by atoms with Crippen molar-refractivity contribution >= 4 is 17.5 Å². The summed E-state index contributed by atoms with van der Waals surface area (Å²) in [6.45, 7) is 5.33. The van der Waals surface area contributed by atoms with Gasteiger partial charge in [-0.15, -0.1) is 0 Å². The molecule has 1 atom stereocenters. The van der Waals surface area contributed by atoms with E-state index >= 15 is 0 Å². The Morgan fingerprint density at radius 1 is 1.55 bits per heavy atom. The molecule has 0 radical (unpaired) electrons. The molecule has 1 N–H and O–H groups in total. The van der Waals surface area contributed by atoms with Crippen LogP contribution in [0.25, 0.3) is 0 Å². The number of anilines is 1. The van der Waals surface area contributed by atoms with Crippen LogP contribution in [0, 0.1) is 0 Å². The van der Waals surface area contributed by atoms with E-state index in [-0.39, 0.29) is 11.7 Å². The van der Waals surface area contributed by atoms with E-state index < -0.39 is 0 Å². The summed E-state index contributed by atoms with van der Waals surface area (Å²) in [6.07, 6.45) is 2.66. The highest BCUT2D eigenvalue weighted by molar-refractivity contribution is 6.04. The summed E-state index contributed by atoms with van der Waals surface area (Å²) in [5, 5.41) is 2.78. The lowest BCUT2D eigenvalue weighted by atomic mass is 10.0. The predicted molar refractivity (Wildman–Crippen MR) is 76.1 cm³/mol. The van der Waals surface area contributed by atoms with Gasteiger partial charge in [-0.05, 0) is 25.8 Å². The highest BCUT2D eigenvalue weighted by atomic mass is 16.2. The molecule has 1 saturated heterocycles. The van der Waals surface area contributed by atoms with Crippen molar-refractivity contribution in [2.24, 2.45) is 0 Å². The summed E-state index contributed by atoms with van der Waals surface area (Å²) in [5.74, 6) is 0.676. The van der Waals surface area contributed by atoms with E-state index in [4.69, 9.17) is 0 Å². The van der Waals surface area contributed by atoms with Gasteiger partial charge in [-0.3, -0.25) is 9.59 Å². The van der Waals surface area contributed by atoms with E-state index in [1.807, 2.05) is 13.0 Å². The van der Waals surface area contributed by atoms with Gasteiger partial charge in [-0.25, -0.2) is 4.98 Å². The maximum Gasteiger partial charge on any atom is 0.252 e. The molecule has 0 saturated carbocycles. The molecule has 2 aliphatic heterocycles. The molecule has 1 unspecified atom stereocenters. The molecule has 106 valence electrons. The van der Waals surface area contributed by atoms with Crippen LogP contribution >= 0.6 is 0 Å². The predicted octanol–water partition coefficient (Wildman–Crippen LogP) is 1.91. The maximum absolute atomic E-state index is 12.1. The number of amides is 1. The van der Waals surface area contributed by atoms with Crippen molar-refractivity contribution in [2.45, 2.75) is 45.7 Å². The Morgan fingerprint density at radius 3 is 3.00 bits per heavy atom. The zero-order valence-corrected chi connectivity index (χ0v) is 11.9. The van der Waals surface area contributed by atoms with Gasteiger partial charge in [-0.1, -0.05) is 6.92 Å². The smallest absolute Gasteiger partial charge is 0.252 e. The van der Waals surface area contributed by atoms with Crippen LogP contribution < -0.4 is 10.2 Å². The topological polar surface area (TPSA) is 62.3 Å². The van der Waals surface area contributed by atoms with Gasteiger partial charge in [0, 0.05) is 31.1 Å². The van der Waals surface area contributed by atoms with Crippen molar-refractivity contribution in [2.75, 3.05) is 11.4 Å². The Labute approximate surface area is 118 Å². The van der Waals surface area contributed by atoms with Crippen molar-refractivity contribution in [3.8, 4) is 0 Å². The molecule has 3 heterocycles. The second kappa shape index (κ2) is 4.89. The first-order valence-corrected chi connectivity index (χ1v) is 7.23. The second-order valence-corrected chi connectivity index (χ2v) is 5.50. The second-order valence-electron chi connectivity index (χ2n) is 5.50. The van der Waals surface area contributed by atoms with Gasteiger partial charge in [0.2, 0.25) is 0 Å². The molecule has 0 aromatic carbocycles. The maximum atomic E-state index is 12.1. The van der Waals surface area contributed by atoms with Crippen LogP contribution in [0.15, 0.2) is 6.07 Å². The molecular weight excluding hydrogens is 254 g/mol. The fraction of sp³-hybridized carbons (Fsp3) is 0.533. The Kier molecular flexibility index (Phi) is 3.20. The fourth-order valence-corrected chi connectivity index (χ4v) is 3.02. The van der Waals surface area contributed by atoms with E-state index in [0.29, 0.717) is 30.3 Å². The van der Waals surface area contributed by atoms with Crippen LogP contribution in [-0.2, 0) is 6.54 Å². The summed E-state index contributed by atoms with van der Waals surface area (Å²) >= 11 is 0. The van der Waals surface area contributed by atoms with Crippen LogP contribution in [0.4, 0.5) is 5.82 Å². The lowest BCUT2D eigenvalue weighted by Gasteiger charge is -2.23. The van der Waals surface area contributed by atoms with E-state index in [1.54, 1.807) is 0 Å². The lowest BCUT2D eigenvalue weighted by Crippen LogP contribution is -2.28. The largest absolute Gasteiger partial charge is 0.354 e. The number of rotatable bonds is 3. The molecule has 20 heavy (non-hydrogen) atoms. The molecule has 3 rings (SSSR count). The van der Waals surface area contributed by atoms with Gasteiger partial charge in [0.1, 0.15) is 11.5 Å². The first kappa shape index (κ1) is 13.1. The van der Waals surface area contributed by atoms with E-state index in [9.17, 15) is 9.59 Å². The number of Topliss-reactive ketones (excluding diaryl/α,β-unsaturated/α-hetero) is 1. The molecule has 0 spiro atoms. The number of ketones is 1. The molecule has 0 bridgehead atoms. The van der Waals surface area contributed by atoms with Crippen molar-refractivity contribution < 1.29 is 9.59 Å². The summed E-state index contributed by atoms with van der Waals surface area (Å²) in [5.41, 5.74) is 1.85. The number of carbonyl (C=O) groups excluding carboxylic acids is 2. The summed E-state index contributed by atoms with van der Waals surface area (Å²) in [7, 11) is 0. The number of fused-ring (bicyclic) bond motifs is 1. The van der Waals surface area contributed by atoms with Gasteiger partial charge in [0.25, 0.3) is 5.91 Å². The molecule has 5 heteroatoms. The van der Waals surface area contributed by atoms with Crippen molar-refractivity contribution in [1.29, 1.82) is 0 Å². The Hall–Kier alpha value is -1.91. The SMILES string of the molecule is CCC(=O)c1nc(N2CCCC2C)cc2c1CNC2=O. The Bertz CT molecular complexity index is 583. The molecular formula is C15H19N3O2. The summed E-state index contributed by atoms with van der Waals surface area (Å²) in [6, 6.07) is 2.25. The van der Waals surface area contributed by atoms with Crippen molar-refractivity contribution in [3.63, 3.8) is 0 Å². The number of pyridine rings is 1. The first-order chi connectivity index (χ1) is 9.61. The minimum atomic E-state index is -0.0966. The number of aromatic nitrogens is 1. The quantitative estimate of drug-likeness (QED) is 0.854. The van der Waals surface area contributed by atoms with Gasteiger partial charge in [0.15, 0.2) is 5.78 Å². The monoisotopic (exact) mass is 273 g/mol. The van der Waals surface area contributed by atoms with E-state index in [1.165, 1.54) is 0 Å². The lowest BCUT2D eigenvalue weighted by molar-refractivity contribution is 0.0963. The summed E-state index contributed by atoms with van der Waals surface area (Å²) < 4.78 is 0. The highest BCUT2D eigenvalue weighted by Crippen LogP contribution is 2.29. The Balaban J connectivity index is 2.10. The number of hydrogen-bond donors (Lipinski definition) is 1. The van der Waals surface area contributed by atoms with Crippen LogP contribution in [0.3, 0.4) is 0 Å². The van der Waals surface area contributed by atoms with Crippen LogP contribution in [0.1, 0.15) is 59.5 Å². The number of nitrogens with zero attached hydrogens (tertiary/aromatic N) is 2. The number of hydrogen-bond acceptors (Lipinski definition) is 4. The first-order valence-electron chi connectivity index (χ1n) is 7.23. The summed E-state index contributed by atoms with van der Waals surface area (Å²) in [4.78, 5) is 30.8. The van der Waals surface area contributed by atoms with E-state index in [0.717, 1.165) is 30.8 Å². The third-order valence-corrected chi connectivity index (χ3v) is 4.21. The average Bonchev–Trinajstić information content (AvgIpc) is 3.04. The fourth-order valence-electron chi connectivity index (χ4n) is 3.02. The zero-order chi connectivity index (χ0) is 14.3. The van der Waals surface area contributed by atoms with Gasteiger partial charge < -0.3 is 10.2 Å². The third-order valence-electron chi connectivity index (χ3n) is 4.21. The zero-order valence-electron chi connectivity index (χ0n) is 11.9. The normalized spacial score (nSPS) is 21.0. The molecule has 0 aliphatic carbocycles. The number of carbonyl (C=O) groups is 2. The Morgan fingerprint density at radius 2 is 2.35 bits per heavy atom. The average molecular weight is 273 g/mol. The molecule has 1 fully saturated rings. The van der Waals surface area contributed by atoms with Crippen LogP contribution in [0.5, 0.6) is 0 Å². The van der Waals surface area contributed by atoms with Gasteiger partial charge in [0.05, 0.1) is 5.56 Å². The van der Waals surface area contributed by atoms with Crippen LogP contribution in [-0.4, -0.2) is 29.3 Å². The molecule has 1 amide bonds. The molecule has 1 aromatic heterocycles. The minimum absolute atomic E-state index is 0.00597. The minimum Gasteiger partial charge on any atom is -0.354 e. The molecule has 2 aliphatic rings. The highest BCUT2D eigenvalue weighted by Gasteiger charge is 2.29. The van der Waals surface area contributed by atoms with E-state index in [2.05, 4.69) is 22.1 Å².